The van der Waals surface area contributed by atoms with Crippen LogP contribution in [-0.2, 0) is 6.61 Å². The van der Waals surface area contributed by atoms with E-state index in [2.05, 4.69) is 10.5 Å². The third kappa shape index (κ3) is 5.88. The number of ether oxygens (including phenoxy) is 2. The number of halogens is 2. The lowest BCUT2D eigenvalue weighted by Gasteiger charge is -2.14. The molecule has 0 aromatic heterocycles. The molecule has 2 N–H and O–H groups in total. The van der Waals surface area contributed by atoms with E-state index in [0.29, 0.717) is 23.7 Å². The maximum Gasteiger partial charge on any atom is 0.275 e. The monoisotopic (exact) mass is 492 g/mol. The van der Waals surface area contributed by atoms with E-state index < -0.39 is 5.91 Å². The molecule has 6 nitrogen and oxygen atoms in total. The molecule has 0 fully saturated rings. The quantitative estimate of drug-likeness (QED) is 0.231. The highest BCUT2D eigenvalue weighted by molar-refractivity contribution is 6.32. The number of fused-ring (bicyclic) bond motifs is 1. The van der Waals surface area contributed by atoms with E-state index in [-0.39, 0.29) is 28.8 Å². The average molecular weight is 493 g/mol. The number of aromatic hydroxyl groups is 1. The summed E-state index contributed by atoms with van der Waals surface area (Å²) >= 11 is 6.43. The molecule has 4 rings (SSSR count). The van der Waals surface area contributed by atoms with Gasteiger partial charge in [-0.05, 0) is 65.2 Å². The number of hydrogen-bond donors (Lipinski definition) is 2. The highest BCUT2D eigenvalue weighted by Gasteiger charge is 2.14. The van der Waals surface area contributed by atoms with Crippen LogP contribution in [0.1, 0.15) is 28.4 Å². The van der Waals surface area contributed by atoms with Gasteiger partial charge in [-0.2, -0.15) is 5.10 Å². The molecule has 0 radical (unpaired) electrons. The van der Waals surface area contributed by atoms with Crippen LogP contribution >= 0.6 is 11.6 Å². The van der Waals surface area contributed by atoms with Gasteiger partial charge >= 0.3 is 0 Å². The minimum Gasteiger partial charge on any atom is -0.507 e. The molecule has 0 aliphatic rings. The third-order valence-corrected chi connectivity index (χ3v) is 5.40. The molecular weight excluding hydrogens is 471 g/mol. The number of nitrogens with zero attached hydrogens (tertiary/aromatic N) is 1. The summed E-state index contributed by atoms with van der Waals surface area (Å²) in [5.74, 6) is -0.267. The van der Waals surface area contributed by atoms with Gasteiger partial charge in [0.05, 0.1) is 23.4 Å². The van der Waals surface area contributed by atoms with Crippen LogP contribution in [0.25, 0.3) is 10.8 Å². The molecule has 0 spiro atoms. The van der Waals surface area contributed by atoms with Crippen molar-refractivity contribution in [3.05, 3.63) is 100 Å². The van der Waals surface area contributed by atoms with Crippen LogP contribution in [0.3, 0.4) is 0 Å². The molecule has 0 aliphatic carbocycles. The predicted molar refractivity (Wildman–Crippen MR) is 134 cm³/mol. The molecule has 0 aliphatic heterocycles. The molecule has 178 valence electrons. The van der Waals surface area contributed by atoms with Crippen LogP contribution in [0, 0.1) is 5.82 Å². The van der Waals surface area contributed by atoms with Gasteiger partial charge in [0.25, 0.3) is 5.91 Å². The molecule has 0 unspecified atom stereocenters. The first-order valence-corrected chi connectivity index (χ1v) is 11.2. The van der Waals surface area contributed by atoms with Crippen molar-refractivity contribution >= 4 is 34.5 Å². The second kappa shape index (κ2) is 10.9. The average Bonchev–Trinajstić information content (AvgIpc) is 2.84. The van der Waals surface area contributed by atoms with Crippen molar-refractivity contribution in [2.75, 3.05) is 6.61 Å². The van der Waals surface area contributed by atoms with E-state index in [1.807, 2.05) is 31.2 Å². The smallest absolute Gasteiger partial charge is 0.275 e. The van der Waals surface area contributed by atoms with Crippen LogP contribution in [0.2, 0.25) is 5.02 Å². The van der Waals surface area contributed by atoms with Gasteiger partial charge in [-0.15, -0.1) is 0 Å². The van der Waals surface area contributed by atoms with Gasteiger partial charge < -0.3 is 14.6 Å². The van der Waals surface area contributed by atoms with Crippen molar-refractivity contribution in [2.24, 2.45) is 5.10 Å². The maximum atomic E-state index is 13.1. The molecule has 0 saturated heterocycles. The zero-order valence-corrected chi connectivity index (χ0v) is 19.6. The molecule has 0 heterocycles. The van der Waals surface area contributed by atoms with E-state index in [1.54, 1.807) is 30.3 Å². The Morgan fingerprint density at radius 3 is 2.49 bits per heavy atom. The predicted octanol–water partition coefficient (Wildman–Crippen LogP) is 6.08. The van der Waals surface area contributed by atoms with E-state index >= 15 is 0 Å². The number of rotatable bonds is 8. The van der Waals surface area contributed by atoms with Crippen molar-refractivity contribution < 1.29 is 23.8 Å². The number of amides is 1. The second-order valence-electron chi connectivity index (χ2n) is 7.59. The fourth-order valence-electron chi connectivity index (χ4n) is 3.44. The first kappa shape index (κ1) is 24.0. The summed E-state index contributed by atoms with van der Waals surface area (Å²) in [5.41, 5.74) is 3.86. The molecule has 0 atom stereocenters. The van der Waals surface area contributed by atoms with Crippen molar-refractivity contribution in [2.45, 2.75) is 13.5 Å². The Morgan fingerprint density at radius 1 is 1.06 bits per heavy atom. The lowest BCUT2D eigenvalue weighted by Crippen LogP contribution is -2.17. The molecule has 1 amide bonds. The van der Waals surface area contributed by atoms with Crippen LogP contribution in [0.4, 0.5) is 4.39 Å². The van der Waals surface area contributed by atoms with Crippen LogP contribution < -0.4 is 14.9 Å². The number of carbonyl (C=O) groups excluding carboxylic acids is 1. The zero-order valence-electron chi connectivity index (χ0n) is 18.8. The molecule has 4 aromatic carbocycles. The fourth-order valence-corrected chi connectivity index (χ4v) is 3.71. The normalized spacial score (nSPS) is 11.1. The number of carbonyl (C=O) groups is 1. The van der Waals surface area contributed by atoms with Gasteiger partial charge in [0, 0.05) is 0 Å². The van der Waals surface area contributed by atoms with Gasteiger partial charge in [0.15, 0.2) is 11.5 Å². The van der Waals surface area contributed by atoms with E-state index in [1.165, 1.54) is 24.4 Å². The Labute approximate surface area is 206 Å². The van der Waals surface area contributed by atoms with Gasteiger partial charge in [-0.25, -0.2) is 9.82 Å². The van der Waals surface area contributed by atoms with Gasteiger partial charge in [-0.3, -0.25) is 4.79 Å². The summed E-state index contributed by atoms with van der Waals surface area (Å²) in [6.45, 7) is 2.38. The summed E-state index contributed by atoms with van der Waals surface area (Å²) in [6, 6.07) is 19.8. The Bertz CT molecular complexity index is 1390. The Balaban J connectivity index is 1.48. The SMILES string of the molecule is CCOc1cc(C=NNC(=O)c2cc3ccccc3cc2O)cc(Cl)c1OCc1ccc(F)cc1. The topological polar surface area (TPSA) is 80.2 Å². The van der Waals surface area contributed by atoms with Crippen LogP contribution in [-0.4, -0.2) is 23.8 Å². The van der Waals surface area contributed by atoms with E-state index in [9.17, 15) is 14.3 Å². The highest BCUT2D eigenvalue weighted by atomic mass is 35.5. The largest absolute Gasteiger partial charge is 0.507 e. The number of phenolic OH excluding ortho intramolecular Hbond substituents is 1. The Kier molecular flexibility index (Phi) is 7.48. The number of hydrazone groups is 1. The lowest BCUT2D eigenvalue weighted by atomic mass is 10.1. The molecule has 8 heteroatoms. The minimum atomic E-state index is -0.556. The number of nitrogens with one attached hydrogen (secondary N) is 1. The zero-order chi connectivity index (χ0) is 24.8. The molecule has 4 aromatic rings. The number of phenols is 1. The van der Waals surface area contributed by atoms with E-state index in [4.69, 9.17) is 21.1 Å². The number of hydrogen-bond acceptors (Lipinski definition) is 5. The van der Waals surface area contributed by atoms with E-state index in [0.717, 1.165) is 16.3 Å². The first-order valence-electron chi connectivity index (χ1n) is 10.8. The molecule has 0 bridgehead atoms. The second-order valence-corrected chi connectivity index (χ2v) is 8.00. The van der Waals surface area contributed by atoms with Crippen molar-refractivity contribution in [3.8, 4) is 17.2 Å². The van der Waals surface area contributed by atoms with Crippen molar-refractivity contribution in [1.82, 2.24) is 5.43 Å². The summed E-state index contributed by atoms with van der Waals surface area (Å²) < 4.78 is 24.6. The molecule has 35 heavy (non-hydrogen) atoms. The number of benzene rings is 4. The summed E-state index contributed by atoms with van der Waals surface area (Å²) in [4.78, 5) is 12.6. The maximum absolute atomic E-state index is 13.1. The summed E-state index contributed by atoms with van der Waals surface area (Å²) in [5, 5.41) is 16.1. The molecule has 0 saturated carbocycles. The standard InChI is InChI=1S/C27H22ClFN2O4/c1-2-34-25-12-18(11-23(28)26(25)35-16-17-7-9-21(29)10-8-17)15-30-31-27(33)22-13-19-5-3-4-6-20(19)14-24(22)32/h3-15,32H,2,16H2,1H3,(H,31,33). The summed E-state index contributed by atoms with van der Waals surface area (Å²) in [7, 11) is 0. The first-order chi connectivity index (χ1) is 16.9. The molecular formula is C27H22ClFN2O4. The Morgan fingerprint density at radius 2 is 1.77 bits per heavy atom. The van der Waals surface area contributed by atoms with Gasteiger partial charge in [0.1, 0.15) is 18.2 Å². The van der Waals surface area contributed by atoms with Crippen molar-refractivity contribution in [1.29, 1.82) is 0 Å². The third-order valence-electron chi connectivity index (χ3n) is 5.12. The van der Waals surface area contributed by atoms with Gasteiger partial charge in [0.2, 0.25) is 0 Å². The van der Waals surface area contributed by atoms with Crippen molar-refractivity contribution in [3.63, 3.8) is 0 Å². The minimum absolute atomic E-state index is 0.110. The summed E-state index contributed by atoms with van der Waals surface area (Å²) in [6.07, 6.45) is 1.41. The fraction of sp³-hybridized carbons (Fsp3) is 0.111. The van der Waals surface area contributed by atoms with Crippen LogP contribution in [0.5, 0.6) is 17.2 Å². The lowest BCUT2D eigenvalue weighted by molar-refractivity contribution is 0.0952. The highest BCUT2D eigenvalue weighted by Crippen LogP contribution is 2.37. The van der Waals surface area contributed by atoms with Crippen LogP contribution in [0.15, 0.2) is 77.9 Å². The Hall–Kier alpha value is -4.10. The van der Waals surface area contributed by atoms with Gasteiger partial charge in [-0.1, -0.05) is 48.0 Å².